The second-order valence-electron chi connectivity index (χ2n) is 5.71. The number of furan rings is 1. The number of hydrogen-bond donors (Lipinski definition) is 1. The summed E-state index contributed by atoms with van der Waals surface area (Å²) in [6, 6.07) is 16.4. The Morgan fingerprint density at radius 3 is 2.70 bits per heavy atom. The Morgan fingerprint density at radius 2 is 1.96 bits per heavy atom. The van der Waals surface area contributed by atoms with Gasteiger partial charge in [-0.3, -0.25) is 4.79 Å². The number of likely N-dealkylation sites (N-methyl/N-ethyl adjacent to an activating group) is 1. The van der Waals surface area contributed by atoms with Crippen LogP contribution >= 0.6 is 0 Å². The number of hydrogen-bond acceptors (Lipinski definition) is 3. The molecule has 0 bridgehead atoms. The maximum absolute atomic E-state index is 12.5. The van der Waals surface area contributed by atoms with E-state index in [0.717, 1.165) is 22.3 Å². The van der Waals surface area contributed by atoms with Crippen molar-refractivity contribution in [1.29, 1.82) is 0 Å². The smallest absolute Gasteiger partial charge is 0.227 e. The van der Waals surface area contributed by atoms with Gasteiger partial charge in [0.2, 0.25) is 5.91 Å². The second-order valence-corrected chi connectivity index (χ2v) is 5.71. The average molecular weight is 309 g/mol. The van der Waals surface area contributed by atoms with Crippen LogP contribution in [0, 0.1) is 0 Å². The van der Waals surface area contributed by atoms with Gasteiger partial charge in [0.05, 0.1) is 12.5 Å². The maximum Gasteiger partial charge on any atom is 0.227 e. The summed E-state index contributed by atoms with van der Waals surface area (Å²) in [5, 5.41) is 10.5. The number of amides is 1. The van der Waals surface area contributed by atoms with E-state index < -0.39 is 0 Å². The van der Waals surface area contributed by atoms with Crippen molar-refractivity contribution in [2.45, 2.75) is 19.4 Å². The first-order valence-corrected chi connectivity index (χ1v) is 7.56. The molecule has 118 valence electrons. The molecule has 1 N–H and O–H groups in total. The van der Waals surface area contributed by atoms with Crippen molar-refractivity contribution < 1.29 is 14.3 Å². The van der Waals surface area contributed by atoms with Crippen LogP contribution in [0.5, 0.6) is 5.75 Å². The molecule has 0 aliphatic heterocycles. The van der Waals surface area contributed by atoms with Crippen molar-refractivity contribution in [3.8, 4) is 5.75 Å². The summed E-state index contributed by atoms with van der Waals surface area (Å²) in [4.78, 5) is 14.1. The highest BCUT2D eigenvalue weighted by atomic mass is 16.3. The van der Waals surface area contributed by atoms with Crippen molar-refractivity contribution in [2.24, 2.45) is 0 Å². The molecule has 3 rings (SSSR count). The van der Waals surface area contributed by atoms with Crippen LogP contribution in [-0.2, 0) is 11.2 Å². The molecule has 1 heterocycles. The van der Waals surface area contributed by atoms with Gasteiger partial charge in [-0.05, 0) is 36.8 Å². The van der Waals surface area contributed by atoms with Crippen molar-refractivity contribution in [3.63, 3.8) is 0 Å². The van der Waals surface area contributed by atoms with Gasteiger partial charge in [0, 0.05) is 12.4 Å². The van der Waals surface area contributed by atoms with Gasteiger partial charge in [-0.25, -0.2) is 0 Å². The highest BCUT2D eigenvalue weighted by Gasteiger charge is 2.21. The van der Waals surface area contributed by atoms with Gasteiger partial charge in [0.1, 0.15) is 17.1 Å². The number of fused-ring (bicyclic) bond motifs is 1. The highest BCUT2D eigenvalue weighted by Crippen LogP contribution is 2.27. The maximum atomic E-state index is 12.5. The molecule has 1 unspecified atom stereocenters. The van der Waals surface area contributed by atoms with Gasteiger partial charge in [0.25, 0.3) is 0 Å². The van der Waals surface area contributed by atoms with Gasteiger partial charge in [-0.1, -0.05) is 30.3 Å². The van der Waals surface area contributed by atoms with E-state index in [-0.39, 0.29) is 24.1 Å². The summed E-state index contributed by atoms with van der Waals surface area (Å²) in [5.41, 5.74) is 1.61. The summed E-state index contributed by atoms with van der Waals surface area (Å²) in [6.07, 6.45) is 0.246. The predicted octanol–water partition coefficient (Wildman–Crippen LogP) is 3.90. The first-order valence-electron chi connectivity index (χ1n) is 7.56. The van der Waals surface area contributed by atoms with E-state index in [1.54, 1.807) is 30.1 Å². The number of phenols is 1. The third-order valence-electron chi connectivity index (χ3n) is 4.10. The Morgan fingerprint density at radius 1 is 1.17 bits per heavy atom. The third kappa shape index (κ3) is 3.21. The minimum atomic E-state index is -0.160. The molecule has 4 nitrogen and oxygen atoms in total. The molecule has 1 amide bonds. The van der Waals surface area contributed by atoms with Crippen LogP contribution in [0.25, 0.3) is 11.0 Å². The molecule has 1 atom stereocenters. The van der Waals surface area contributed by atoms with Gasteiger partial charge in [-0.15, -0.1) is 0 Å². The topological polar surface area (TPSA) is 53.7 Å². The van der Waals surface area contributed by atoms with E-state index in [4.69, 9.17) is 4.42 Å². The van der Waals surface area contributed by atoms with Crippen molar-refractivity contribution >= 4 is 16.9 Å². The summed E-state index contributed by atoms with van der Waals surface area (Å²) >= 11 is 0. The number of benzene rings is 2. The normalized spacial score (nSPS) is 12.3. The first-order chi connectivity index (χ1) is 11.0. The number of phenolic OH excluding ortho intramolecular Hbond substituents is 1. The third-order valence-corrected chi connectivity index (χ3v) is 4.10. The van der Waals surface area contributed by atoms with Crippen molar-refractivity contribution in [2.75, 3.05) is 7.05 Å². The number of para-hydroxylation sites is 1. The minimum absolute atomic E-state index is 0.0245. The standard InChI is InChI=1S/C19H19NO3/c1-13(18-12-15-7-3-4-9-17(15)23-18)20(2)19(22)11-14-6-5-8-16(21)10-14/h3-10,12-13,21H,11H2,1-2H3. The Hall–Kier alpha value is -2.75. The van der Waals surface area contributed by atoms with E-state index in [1.807, 2.05) is 43.3 Å². The van der Waals surface area contributed by atoms with Crippen molar-refractivity contribution in [3.05, 3.63) is 65.9 Å². The molecule has 0 fully saturated rings. The van der Waals surface area contributed by atoms with Gasteiger partial charge >= 0.3 is 0 Å². The Bertz CT molecular complexity index is 804. The van der Waals surface area contributed by atoms with Gasteiger partial charge in [0.15, 0.2) is 0 Å². The quantitative estimate of drug-likeness (QED) is 0.795. The molecule has 2 aromatic carbocycles. The van der Waals surface area contributed by atoms with Crippen LogP contribution in [0.4, 0.5) is 0 Å². The second kappa shape index (κ2) is 6.16. The Balaban J connectivity index is 1.75. The lowest BCUT2D eigenvalue weighted by atomic mass is 10.1. The lowest BCUT2D eigenvalue weighted by Gasteiger charge is -2.23. The van der Waals surface area contributed by atoms with Gasteiger partial charge < -0.3 is 14.4 Å². The molecule has 1 aromatic heterocycles. The molecule has 0 aliphatic rings. The molecule has 23 heavy (non-hydrogen) atoms. The fourth-order valence-corrected chi connectivity index (χ4v) is 2.58. The zero-order valence-corrected chi connectivity index (χ0v) is 13.2. The zero-order valence-electron chi connectivity index (χ0n) is 13.2. The molecule has 3 aromatic rings. The Labute approximate surface area is 135 Å². The number of carbonyl (C=O) groups excluding carboxylic acids is 1. The largest absolute Gasteiger partial charge is 0.508 e. The van der Waals surface area contributed by atoms with Crippen LogP contribution in [0.3, 0.4) is 0 Å². The molecular weight excluding hydrogens is 290 g/mol. The van der Waals surface area contributed by atoms with E-state index in [1.165, 1.54) is 0 Å². The van der Waals surface area contributed by atoms with Crippen LogP contribution in [-0.4, -0.2) is 23.0 Å². The van der Waals surface area contributed by atoms with E-state index in [9.17, 15) is 9.90 Å². The molecule has 0 saturated carbocycles. The average Bonchev–Trinajstić information content (AvgIpc) is 2.97. The number of carbonyl (C=O) groups is 1. The Kier molecular flexibility index (Phi) is 4.06. The fourth-order valence-electron chi connectivity index (χ4n) is 2.58. The number of rotatable bonds is 4. The van der Waals surface area contributed by atoms with Gasteiger partial charge in [-0.2, -0.15) is 0 Å². The van der Waals surface area contributed by atoms with Crippen LogP contribution < -0.4 is 0 Å². The van der Waals surface area contributed by atoms with E-state index in [2.05, 4.69) is 0 Å². The molecule has 4 heteroatoms. The monoisotopic (exact) mass is 309 g/mol. The first kappa shape index (κ1) is 15.2. The van der Waals surface area contributed by atoms with Crippen LogP contribution in [0.15, 0.2) is 59.0 Å². The lowest BCUT2D eigenvalue weighted by molar-refractivity contribution is -0.131. The van der Waals surface area contributed by atoms with Crippen LogP contribution in [0.2, 0.25) is 0 Å². The van der Waals surface area contributed by atoms with E-state index in [0.29, 0.717) is 0 Å². The highest BCUT2D eigenvalue weighted by molar-refractivity contribution is 5.80. The zero-order chi connectivity index (χ0) is 16.4. The fraction of sp³-hybridized carbons (Fsp3) is 0.211. The summed E-state index contributed by atoms with van der Waals surface area (Å²) in [5.74, 6) is 0.907. The summed E-state index contributed by atoms with van der Waals surface area (Å²) in [6.45, 7) is 1.94. The number of aromatic hydroxyl groups is 1. The number of nitrogens with zero attached hydrogens (tertiary/aromatic N) is 1. The van der Waals surface area contributed by atoms with E-state index >= 15 is 0 Å². The molecule has 0 saturated heterocycles. The van der Waals surface area contributed by atoms with Crippen LogP contribution in [0.1, 0.15) is 24.3 Å². The molecule has 0 spiro atoms. The molecule has 0 aliphatic carbocycles. The SMILES string of the molecule is CC(c1cc2ccccc2o1)N(C)C(=O)Cc1cccc(O)c1. The lowest BCUT2D eigenvalue weighted by Crippen LogP contribution is -2.30. The van der Waals surface area contributed by atoms with Crippen molar-refractivity contribution in [1.82, 2.24) is 4.90 Å². The predicted molar refractivity (Wildman–Crippen MR) is 89.2 cm³/mol. The minimum Gasteiger partial charge on any atom is -0.508 e. The summed E-state index contributed by atoms with van der Waals surface area (Å²) < 4.78 is 5.84. The summed E-state index contributed by atoms with van der Waals surface area (Å²) in [7, 11) is 1.77. The molecular formula is C19H19NO3. The molecule has 0 radical (unpaired) electrons.